The standard InChI is InChI=1S/C18H19N3OS/c1-14(23-13-15-7-3-2-4-8-15)18(22)19-11-16-12-21-10-6-5-9-17(21)20-16/h2-10,12,14H,11,13H2,1H3,(H,19,22)/t14-/m0/s1. The molecule has 4 nitrogen and oxygen atoms in total. The maximum Gasteiger partial charge on any atom is 0.233 e. The SMILES string of the molecule is C[C@H](SCc1ccccc1)C(=O)NCc1cn2ccccc2n1. The van der Waals surface area contributed by atoms with Gasteiger partial charge in [-0.25, -0.2) is 4.98 Å². The second-order valence-electron chi connectivity index (χ2n) is 5.35. The second-order valence-corrected chi connectivity index (χ2v) is 6.68. The van der Waals surface area contributed by atoms with Crippen LogP contribution in [0.4, 0.5) is 0 Å². The number of pyridine rings is 1. The number of aromatic nitrogens is 2. The lowest BCUT2D eigenvalue weighted by Gasteiger charge is -2.11. The number of fused-ring (bicyclic) bond motifs is 1. The number of amides is 1. The normalized spacial score (nSPS) is 12.2. The Morgan fingerprint density at radius 1 is 1.22 bits per heavy atom. The molecule has 0 unspecified atom stereocenters. The number of imidazole rings is 1. The molecule has 0 fully saturated rings. The van der Waals surface area contributed by atoms with Gasteiger partial charge in [0, 0.05) is 18.1 Å². The lowest BCUT2D eigenvalue weighted by molar-refractivity contribution is -0.120. The maximum atomic E-state index is 12.2. The Balaban J connectivity index is 1.50. The predicted octanol–water partition coefficient (Wildman–Crippen LogP) is 3.27. The topological polar surface area (TPSA) is 46.4 Å². The third kappa shape index (κ3) is 4.13. The molecule has 2 heterocycles. The van der Waals surface area contributed by atoms with Gasteiger partial charge in [-0.05, 0) is 24.6 Å². The van der Waals surface area contributed by atoms with Crippen molar-refractivity contribution in [2.24, 2.45) is 0 Å². The highest BCUT2D eigenvalue weighted by Crippen LogP contribution is 2.17. The summed E-state index contributed by atoms with van der Waals surface area (Å²) in [5, 5.41) is 2.87. The number of carbonyl (C=O) groups is 1. The van der Waals surface area contributed by atoms with Crippen molar-refractivity contribution in [2.45, 2.75) is 24.5 Å². The molecule has 0 spiro atoms. The van der Waals surface area contributed by atoms with E-state index in [1.54, 1.807) is 11.8 Å². The van der Waals surface area contributed by atoms with Crippen LogP contribution in [0.1, 0.15) is 18.2 Å². The van der Waals surface area contributed by atoms with Crippen molar-refractivity contribution in [3.05, 3.63) is 72.2 Å². The second kappa shape index (κ2) is 7.33. The molecule has 23 heavy (non-hydrogen) atoms. The van der Waals surface area contributed by atoms with Gasteiger partial charge in [-0.1, -0.05) is 36.4 Å². The van der Waals surface area contributed by atoms with Crippen LogP contribution in [0.5, 0.6) is 0 Å². The molecular formula is C18H19N3OS. The summed E-state index contributed by atoms with van der Waals surface area (Å²) >= 11 is 1.64. The first-order valence-corrected chi connectivity index (χ1v) is 8.63. The predicted molar refractivity (Wildman–Crippen MR) is 94.2 cm³/mol. The Labute approximate surface area is 139 Å². The number of nitrogens with one attached hydrogen (secondary N) is 1. The summed E-state index contributed by atoms with van der Waals surface area (Å²) in [5.41, 5.74) is 2.99. The molecule has 1 amide bonds. The lowest BCUT2D eigenvalue weighted by Crippen LogP contribution is -2.30. The van der Waals surface area contributed by atoms with Gasteiger partial charge in [0.25, 0.3) is 0 Å². The van der Waals surface area contributed by atoms with E-state index in [2.05, 4.69) is 22.4 Å². The summed E-state index contributed by atoms with van der Waals surface area (Å²) in [6.45, 7) is 2.39. The van der Waals surface area contributed by atoms with Gasteiger partial charge in [0.1, 0.15) is 5.65 Å². The summed E-state index contributed by atoms with van der Waals surface area (Å²) in [4.78, 5) is 16.7. The van der Waals surface area contributed by atoms with Crippen molar-refractivity contribution in [2.75, 3.05) is 0 Å². The minimum absolute atomic E-state index is 0.0444. The van der Waals surface area contributed by atoms with Crippen molar-refractivity contribution in [3.63, 3.8) is 0 Å². The minimum Gasteiger partial charge on any atom is -0.349 e. The fourth-order valence-corrected chi connectivity index (χ4v) is 3.13. The van der Waals surface area contributed by atoms with E-state index in [0.717, 1.165) is 17.1 Å². The van der Waals surface area contributed by atoms with Gasteiger partial charge in [-0.15, -0.1) is 11.8 Å². The lowest BCUT2D eigenvalue weighted by atomic mass is 10.2. The van der Waals surface area contributed by atoms with Gasteiger partial charge in [0.2, 0.25) is 5.91 Å². The molecule has 5 heteroatoms. The Morgan fingerprint density at radius 3 is 2.78 bits per heavy atom. The van der Waals surface area contributed by atoms with Crippen molar-refractivity contribution < 1.29 is 4.79 Å². The maximum absolute atomic E-state index is 12.2. The Morgan fingerprint density at radius 2 is 2.00 bits per heavy atom. The van der Waals surface area contributed by atoms with E-state index in [4.69, 9.17) is 0 Å². The molecule has 1 N–H and O–H groups in total. The van der Waals surface area contributed by atoms with Gasteiger partial charge in [0.15, 0.2) is 0 Å². The minimum atomic E-state index is -0.0905. The molecule has 0 radical (unpaired) electrons. The third-order valence-electron chi connectivity index (χ3n) is 3.57. The van der Waals surface area contributed by atoms with Crippen LogP contribution >= 0.6 is 11.8 Å². The quantitative estimate of drug-likeness (QED) is 0.756. The van der Waals surface area contributed by atoms with Crippen LogP contribution in [0, 0.1) is 0 Å². The van der Waals surface area contributed by atoms with Crippen molar-refractivity contribution >= 4 is 23.3 Å². The average Bonchev–Trinajstić information content (AvgIpc) is 3.01. The Kier molecular flexibility index (Phi) is 4.98. The Bertz CT molecular complexity index is 752. The molecule has 0 aliphatic carbocycles. The zero-order valence-electron chi connectivity index (χ0n) is 13.0. The molecule has 0 saturated carbocycles. The zero-order valence-corrected chi connectivity index (χ0v) is 13.8. The van der Waals surface area contributed by atoms with E-state index in [9.17, 15) is 4.79 Å². The number of carbonyl (C=O) groups excluding carboxylic acids is 1. The van der Waals surface area contributed by atoms with Crippen LogP contribution in [0.3, 0.4) is 0 Å². The van der Waals surface area contributed by atoms with Gasteiger partial charge < -0.3 is 9.72 Å². The number of thioether (sulfide) groups is 1. The summed E-state index contributed by atoms with van der Waals surface area (Å²) in [6.07, 6.45) is 3.89. The number of hydrogen-bond acceptors (Lipinski definition) is 3. The average molecular weight is 325 g/mol. The molecule has 3 aromatic rings. The van der Waals surface area contributed by atoms with Crippen LogP contribution in [0.25, 0.3) is 5.65 Å². The summed E-state index contributed by atoms with van der Waals surface area (Å²) < 4.78 is 1.95. The van der Waals surface area contributed by atoms with Crippen LogP contribution in [-0.4, -0.2) is 20.5 Å². The molecule has 0 aliphatic rings. The zero-order chi connectivity index (χ0) is 16.1. The number of nitrogens with zero attached hydrogens (tertiary/aromatic N) is 2. The Hall–Kier alpha value is -2.27. The highest BCUT2D eigenvalue weighted by atomic mass is 32.2. The van der Waals surface area contributed by atoms with Crippen LogP contribution in [0.15, 0.2) is 60.9 Å². The van der Waals surface area contributed by atoms with Crippen LogP contribution < -0.4 is 5.32 Å². The highest BCUT2D eigenvalue weighted by molar-refractivity contribution is 7.99. The molecule has 1 aromatic carbocycles. The first kappa shape index (κ1) is 15.6. The van der Waals surface area contributed by atoms with Gasteiger partial charge in [-0.2, -0.15) is 0 Å². The van der Waals surface area contributed by atoms with Crippen LogP contribution in [0.2, 0.25) is 0 Å². The van der Waals surface area contributed by atoms with E-state index >= 15 is 0 Å². The molecule has 0 aliphatic heterocycles. The van der Waals surface area contributed by atoms with E-state index in [0.29, 0.717) is 6.54 Å². The van der Waals surface area contributed by atoms with Gasteiger partial charge in [0.05, 0.1) is 17.5 Å². The van der Waals surface area contributed by atoms with E-state index in [1.165, 1.54) is 5.56 Å². The smallest absolute Gasteiger partial charge is 0.233 e. The van der Waals surface area contributed by atoms with Gasteiger partial charge in [-0.3, -0.25) is 4.79 Å². The molecule has 1 atom stereocenters. The first-order chi connectivity index (χ1) is 11.2. The largest absolute Gasteiger partial charge is 0.349 e. The summed E-state index contributed by atoms with van der Waals surface area (Å²) in [7, 11) is 0. The summed E-state index contributed by atoms with van der Waals surface area (Å²) in [6, 6.07) is 16.0. The third-order valence-corrected chi connectivity index (χ3v) is 4.78. The van der Waals surface area contributed by atoms with Gasteiger partial charge >= 0.3 is 0 Å². The summed E-state index contributed by atoms with van der Waals surface area (Å²) in [5.74, 6) is 0.882. The molecule has 0 saturated heterocycles. The molecule has 3 rings (SSSR count). The highest BCUT2D eigenvalue weighted by Gasteiger charge is 2.13. The fourth-order valence-electron chi connectivity index (χ4n) is 2.26. The molecule has 2 aromatic heterocycles. The van der Waals surface area contributed by atoms with Crippen LogP contribution in [-0.2, 0) is 17.1 Å². The van der Waals surface area contributed by atoms with Crippen molar-refractivity contribution in [3.8, 4) is 0 Å². The van der Waals surface area contributed by atoms with E-state index < -0.39 is 0 Å². The number of rotatable bonds is 6. The number of hydrogen-bond donors (Lipinski definition) is 1. The first-order valence-electron chi connectivity index (χ1n) is 7.58. The number of benzene rings is 1. The van der Waals surface area contributed by atoms with Crippen molar-refractivity contribution in [1.82, 2.24) is 14.7 Å². The molecule has 0 bridgehead atoms. The fraction of sp³-hybridized carbons (Fsp3) is 0.222. The van der Waals surface area contributed by atoms with E-state index in [-0.39, 0.29) is 11.2 Å². The molecular weight excluding hydrogens is 306 g/mol. The molecule has 118 valence electrons. The monoisotopic (exact) mass is 325 g/mol. The van der Waals surface area contributed by atoms with E-state index in [1.807, 2.05) is 60.1 Å². The van der Waals surface area contributed by atoms with Crippen molar-refractivity contribution in [1.29, 1.82) is 0 Å².